The highest BCUT2D eigenvalue weighted by atomic mass is 32.1. The smallest absolute Gasteiger partial charge is 0.209 e. The minimum atomic E-state index is 0.524. The molecule has 0 N–H and O–H groups in total. The molecular formula is C17H18N2OS2. The molecule has 22 heavy (non-hydrogen) atoms. The Bertz CT molecular complexity index is 744. The highest BCUT2D eigenvalue weighted by Crippen LogP contribution is 2.37. The van der Waals surface area contributed by atoms with Gasteiger partial charge in [-0.25, -0.2) is 4.98 Å². The predicted octanol–water partition coefficient (Wildman–Crippen LogP) is 5.11. The molecule has 4 heterocycles. The van der Waals surface area contributed by atoms with Crippen LogP contribution in [-0.2, 0) is 6.54 Å². The van der Waals surface area contributed by atoms with Crippen molar-refractivity contribution in [2.24, 2.45) is 0 Å². The van der Waals surface area contributed by atoms with Gasteiger partial charge in [-0.2, -0.15) is 0 Å². The van der Waals surface area contributed by atoms with E-state index >= 15 is 0 Å². The van der Waals surface area contributed by atoms with Crippen LogP contribution in [-0.4, -0.2) is 16.4 Å². The number of likely N-dealkylation sites (tertiary alicyclic amines) is 1. The third-order valence-corrected chi connectivity index (χ3v) is 6.10. The van der Waals surface area contributed by atoms with Crippen molar-refractivity contribution in [1.29, 1.82) is 0 Å². The molecule has 5 heteroatoms. The lowest BCUT2D eigenvalue weighted by atomic mass is 10.2. The van der Waals surface area contributed by atoms with Gasteiger partial charge in [0.25, 0.3) is 0 Å². The summed E-state index contributed by atoms with van der Waals surface area (Å²) in [5.74, 6) is 1.70. The normalized spacial score (nSPS) is 19.0. The first kappa shape index (κ1) is 14.2. The molecule has 0 spiro atoms. The molecule has 0 amide bonds. The monoisotopic (exact) mass is 330 g/mol. The SMILES string of the molecule is Cc1ccc(C2CCCN2Cc2ncc(-c3cccs3)o2)s1. The summed E-state index contributed by atoms with van der Waals surface area (Å²) in [5.41, 5.74) is 0. The number of aryl methyl sites for hydroxylation is 1. The minimum absolute atomic E-state index is 0.524. The number of oxazole rings is 1. The van der Waals surface area contributed by atoms with E-state index < -0.39 is 0 Å². The van der Waals surface area contributed by atoms with Crippen LogP contribution >= 0.6 is 22.7 Å². The van der Waals surface area contributed by atoms with Crippen molar-refractivity contribution in [3.8, 4) is 10.6 Å². The van der Waals surface area contributed by atoms with Crippen LogP contribution in [0.4, 0.5) is 0 Å². The van der Waals surface area contributed by atoms with Gasteiger partial charge in [-0.1, -0.05) is 6.07 Å². The van der Waals surface area contributed by atoms with Gasteiger partial charge in [-0.05, 0) is 49.9 Å². The average molecular weight is 330 g/mol. The molecular weight excluding hydrogens is 312 g/mol. The average Bonchev–Trinajstić information content (AvgIpc) is 3.26. The molecule has 0 aromatic carbocycles. The molecule has 1 fully saturated rings. The highest BCUT2D eigenvalue weighted by Gasteiger charge is 2.28. The molecule has 1 aliphatic heterocycles. The molecule has 3 nitrogen and oxygen atoms in total. The van der Waals surface area contributed by atoms with Gasteiger partial charge in [0, 0.05) is 15.8 Å². The molecule has 1 aliphatic rings. The molecule has 1 atom stereocenters. The van der Waals surface area contributed by atoms with E-state index in [2.05, 4.69) is 40.4 Å². The fraction of sp³-hybridized carbons (Fsp3) is 0.353. The Morgan fingerprint density at radius 1 is 1.36 bits per heavy atom. The summed E-state index contributed by atoms with van der Waals surface area (Å²) < 4.78 is 5.94. The maximum atomic E-state index is 5.94. The fourth-order valence-corrected chi connectivity index (χ4v) is 4.78. The maximum absolute atomic E-state index is 5.94. The quantitative estimate of drug-likeness (QED) is 0.665. The Morgan fingerprint density at radius 3 is 3.09 bits per heavy atom. The summed E-state index contributed by atoms with van der Waals surface area (Å²) in [5, 5.41) is 2.06. The van der Waals surface area contributed by atoms with Crippen molar-refractivity contribution in [2.45, 2.75) is 32.4 Å². The third-order valence-electron chi connectivity index (χ3n) is 4.11. The van der Waals surface area contributed by atoms with E-state index in [0.29, 0.717) is 6.04 Å². The highest BCUT2D eigenvalue weighted by molar-refractivity contribution is 7.13. The van der Waals surface area contributed by atoms with Gasteiger partial charge in [-0.3, -0.25) is 4.90 Å². The van der Waals surface area contributed by atoms with Crippen LogP contribution < -0.4 is 0 Å². The predicted molar refractivity (Wildman–Crippen MR) is 91.3 cm³/mol. The van der Waals surface area contributed by atoms with Crippen molar-refractivity contribution in [2.75, 3.05) is 6.54 Å². The van der Waals surface area contributed by atoms with Crippen molar-refractivity contribution in [3.63, 3.8) is 0 Å². The van der Waals surface area contributed by atoms with E-state index in [9.17, 15) is 0 Å². The van der Waals surface area contributed by atoms with Crippen LogP contribution in [0.15, 0.2) is 40.3 Å². The lowest BCUT2D eigenvalue weighted by Crippen LogP contribution is -2.22. The maximum Gasteiger partial charge on any atom is 0.209 e. The molecule has 0 aliphatic carbocycles. The molecule has 3 aromatic heterocycles. The lowest BCUT2D eigenvalue weighted by Gasteiger charge is -2.21. The van der Waals surface area contributed by atoms with E-state index in [-0.39, 0.29) is 0 Å². The Labute approximate surface area is 138 Å². The number of aromatic nitrogens is 1. The second-order valence-corrected chi connectivity index (χ2v) is 7.94. The Hall–Kier alpha value is -1.43. The molecule has 1 unspecified atom stereocenters. The van der Waals surface area contributed by atoms with Crippen molar-refractivity contribution in [3.05, 3.63) is 51.5 Å². The standard InChI is InChI=1S/C17H18N2OS2/c1-12-6-7-15(22-12)13-4-2-8-19(13)11-17-18-10-14(20-17)16-5-3-9-21-16/h3,5-7,9-10,13H,2,4,8,11H2,1H3. The van der Waals surface area contributed by atoms with E-state index in [1.54, 1.807) is 11.3 Å². The van der Waals surface area contributed by atoms with E-state index in [4.69, 9.17) is 4.42 Å². The van der Waals surface area contributed by atoms with Crippen LogP contribution in [0.25, 0.3) is 10.6 Å². The van der Waals surface area contributed by atoms with Crippen LogP contribution in [0.2, 0.25) is 0 Å². The molecule has 0 bridgehead atoms. The zero-order chi connectivity index (χ0) is 14.9. The Balaban J connectivity index is 1.50. The third kappa shape index (κ3) is 2.76. The zero-order valence-corrected chi connectivity index (χ0v) is 14.1. The molecule has 4 rings (SSSR count). The van der Waals surface area contributed by atoms with Crippen LogP contribution in [0.5, 0.6) is 0 Å². The van der Waals surface area contributed by atoms with Crippen LogP contribution in [0.3, 0.4) is 0 Å². The number of hydrogen-bond donors (Lipinski definition) is 0. The summed E-state index contributed by atoms with van der Waals surface area (Å²) in [6.07, 6.45) is 4.33. The number of nitrogens with zero attached hydrogens (tertiary/aromatic N) is 2. The number of rotatable bonds is 4. The van der Waals surface area contributed by atoms with E-state index in [1.165, 1.54) is 22.6 Å². The summed E-state index contributed by atoms with van der Waals surface area (Å²) in [6.45, 7) is 4.10. The van der Waals surface area contributed by atoms with Crippen LogP contribution in [0.1, 0.15) is 34.5 Å². The van der Waals surface area contributed by atoms with Gasteiger partial charge in [0.1, 0.15) is 0 Å². The number of hydrogen-bond acceptors (Lipinski definition) is 5. The molecule has 3 aromatic rings. The molecule has 0 saturated carbocycles. The first-order valence-electron chi connectivity index (χ1n) is 7.58. The van der Waals surface area contributed by atoms with Gasteiger partial charge in [-0.15, -0.1) is 22.7 Å². The zero-order valence-electron chi connectivity index (χ0n) is 12.5. The summed E-state index contributed by atoms with van der Waals surface area (Å²) in [4.78, 5) is 11.0. The lowest BCUT2D eigenvalue weighted by molar-refractivity contribution is 0.227. The Kier molecular flexibility index (Phi) is 3.86. The summed E-state index contributed by atoms with van der Waals surface area (Å²) in [6, 6.07) is 9.13. The van der Waals surface area contributed by atoms with E-state index in [0.717, 1.165) is 29.6 Å². The van der Waals surface area contributed by atoms with Crippen molar-refractivity contribution < 1.29 is 4.42 Å². The van der Waals surface area contributed by atoms with Crippen LogP contribution in [0, 0.1) is 6.92 Å². The first-order chi connectivity index (χ1) is 10.8. The van der Waals surface area contributed by atoms with Gasteiger partial charge in [0.2, 0.25) is 5.89 Å². The fourth-order valence-electron chi connectivity index (χ4n) is 3.06. The first-order valence-corrected chi connectivity index (χ1v) is 9.28. The van der Waals surface area contributed by atoms with Crippen molar-refractivity contribution >= 4 is 22.7 Å². The molecule has 0 radical (unpaired) electrons. The largest absolute Gasteiger partial charge is 0.438 e. The van der Waals surface area contributed by atoms with Gasteiger partial charge >= 0.3 is 0 Å². The molecule has 1 saturated heterocycles. The second-order valence-electron chi connectivity index (χ2n) is 5.67. The van der Waals surface area contributed by atoms with Gasteiger partial charge < -0.3 is 4.42 Å². The minimum Gasteiger partial charge on any atom is -0.438 e. The van der Waals surface area contributed by atoms with Gasteiger partial charge in [0.05, 0.1) is 17.6 Å². The molecule has 114 valence electrons. The summed E-state index contributed by atoms with van der Waals surface area (Å²) >= 11 is 3.60. The topological polar surface area (TPSA) is 29.3 Å². The second kappa shape index (κ2) is 5.99. The summed E-state index contributed by atoms with van der Waals surface area (Å²) in [7, 11) is 0. The number of thiophene rings is 2. The Morgan fingerprint density at radius 2 is 2.32 bits per heavy atom. The van der Waals surface area contributed by atoms with Gasteiger partial charge in [0.15, 0.2) is 5.76 Å². The van der Waals surface area contributed by atoms with E-state index in [1.807, 2.05) is 23.6 Å². The van der Waals surface area contributed by atoms with Crippen molar-refractivity contribution in [1.82, 2.24) is 9.88 Å².